The second kappa shape index (κ2) is 8.01. The predicted molar refractivity (Wildman–Crippen MR) is 112 cm³/mol. The molecular weight excluding hydrogens is 348 g/mol. The lowest BCUT2D eigenvalue weighted by molar-refractivity contribution is -0.132. The molecule has 4 rings (SSSR count). The standard InChI is InChI=1S/C24H26N2O2/c1-3-24(27)26-14-12-22(13-15-26)28-21-10-8-18(9-11-21)20-7-6-19-5-4-17(2)25-23(19)16-20/h4-11,16,22H,3,12-15H2,1-2H3. The van der Waals surface area contributed by atoms with Crippen LogP contribution in [-0.4, -0.2) is 35.0 Å². The molecule has 144 valence electrons. The van der Waals surface area contributed by atoms with Gasteiger partial charge >= 0.3 is 0 Å². The minimum Gasteiger partial charge on any atom is -0.490 e. The van der Waals surface area contributed by atoms with Gasteiger partial charge < -0.3 is 9.64 Å². The van der Waals surface area contributed by atoms with Crippen LogP contribution in [0.4, 0.5) is 0 Å². The summed E-state index contributed by atoms with van der Waals surface area (Å²) in [6.45, 7) is 5.51. The summed E-state index contributed by atoms with van der Waals surface area (Å²) in [6, 6.07) is 18.8. The van der Waals surface area contributed by atoms with E-state index in [9.17, 15) is 4.79 Å². The Hall–Kier alpha value is -2.88. The number of amides is 1. The lowest BCUT2D eigenvalue weighted by Gasteiger charge is -2.32. The first-order chi connectivity index (χ1) is 13.6. The summed E-state index contributed by atoms with van der Waals surface area (Å²) < 4.78 is 6.14. The monoisotopic (exact) mass is 374 g/mol. The molecule has 28 heavy (non-hydrogen) atoms. The van der Waals surface area contributed by atoms with Gasteiger partial charge in [0.05, 0.1) is 5.52 Å². The molecule has 2 aromatic carbocycles. The molecule has 0 saturated carbocycles. The molecule has 1 fully saturated rings. The summed E-state index contributed by atoms with van der Waals surface area (Å²) in [6.07, 6.45) is 2.54. The summed E-state index contributed by atoms with van der Waals surface area (Å²) in [5, 5.41) is 1.15. The van der Waals surface area contributed by atoms with Crippen molar-refractivity contribution in [3.63, 3.8) is 0 Å². The van der Waals surface area contributed by atoms with Crippen molar-refractivity contribution >= 4 is 16.8 Å². The SMILES string of the molecule is CCC(=O)N1CCC(Oc2ccc(-c3ccc4ccc(C)nc4c3)cc2)CC1. The van der Waals surface area contributed by atoms with Gasteiger partial charge in [0.25, 0.3) is 0 Å². The van der Waals surface area contributed by atoms with Crippen molar-refractivity contribution in [2.75, 3.05) is 13.1 Å². The number of benzene rings is 2. The Morgan fingerprint density at radius 3 is 2.43 bits per heavy atom. The number of aryl methyl sites for hydroxylation is 1. The number of nitrogens with zero attached hydrogens (tertiary/aromatic N) is 2. The van der Waals surface area contributed by atoms with Crippen LogP contribution in [0.5, 0.6) is 5.75 Å². The minimum atomic E-state index is 0.180. The van der Waals surface area contributed by atoms with Gasteiger partial charge in [-0.05, 0) is 42.3 Å². The van der Waals surface area contributed by atoms with E-state index >= 15 is 0 Å². The number of piperidine rings is 1. The van der Waals surface area contributed by atoms with Gasteiger partial charge in [-0.15, -0.1) is 0 Å². The van der Waals surface area contributed by atoms with Gasteiger partial charge in [-0.25, -0.2) is 0 Å². The highest BCUT2D eigenvalue weighted by molar-refractivity contribution is 5.84. The Labute approximate surface area is 166 Å². The zero-order chi connectivity index (χ0) is 19.5. The summed E-state index contributed by atoms with van der Waals surface area (Å²) >= 11 is 0. The third-order valence-corrected chi connectivity index (χ3v) is 5.42. The van der Waals surface area contributed by atoms with E-state index in [1.54, 1.807) is 0 Å². The van der Waals surface area contributed by atoms with Gasteiger partial charge in [-0.1, -0.05) is 37.3 Å². The highest BCUT2D eigenvalue weighted by Crippen LogP contribution is 2.27. The third kappa shape index (κ3) is 4.01. The van der Waals surface area contributed by atoms with Crippen LogP contribution in [0.15, 0.2) is 54.6 Å². The number of pyridine rings is 1. The summed E-state index contributed by atoms with van der Waals surface area (Å²) in [7, 11) is 0. The maximum atomic E-state index is 11.8. The molecule has 2 heterocycles. The first-order valence-electron chi connectivity index (χ1n) is 10.0. The van der Waals surface area contributed by atoms with Crippen LogP contribution in [0.1, 0.15) is 31.9 Å². The smallest absolute Gasteiger partial charge is 0.222 e. The molecule has 0 atom stereocenters. The Kier molecular flexibility index (Phi) is 5.29. The number of ether oxygens (including phenoxy) is 1. The summed E-state index contributed by atoms with van der Waals surface area (Å²) in [5.41, 5.74) is 4.36. The molecule has 0 bridgehead atoms. The number of carbonyl (C=O) groups is 1. The first-order valence-corrected chi connectivity index (χ1v) is 10.0. The van der Waals surface area contributed by atoms with E-state index in [4.69, 9.17) is 4.74 Å². The fourth-order valence-electron chi connectivity index (χ4n) is 3.76. The number of hydrogen-bond donors (Lipinski definition) is 0. The lowest BCUT2D eigenvalue weighted by Crippen LogP contribution is -2.41. The second-order valence-electron chi connectivity index (χ2n) is 7.44. The quantitative estimate of drug-likeness (QED) is 0.646. The van der Waals surface area contributed by atoms with Crippen LogP contribution in [0.25, 0.3) is 22.0 Å². The topological polar surface area (TPSA) is 42.4 Å². The molecular formula is C24H26N2O2. The zero-order valence-corrected chi connectivity index (χ0v) is 16.5. The predicted octanol–water partition coefficient (Wildman–Crippen LogP) is 4.99. The molecule has 1 aliphatic heterocycles. The Bertz CT molecular complexity index is 974. The van der Waals surface area contributed by atoms with Gasteiger partial charge in [0, 0.05) is 43.4 Å². The normalized spacial score (nSPS) is 15.0. The van der Waals surface area contributed by atoms with Gasteiger partial charge in [0.1, 0.15) is 11.9 Å². The maximum absolute atomic E-state index is 11.8. The van der Waals surface area contributed by atoms with Gasteiger partial charge in [0.15, 0.2) is 0 Å². The number of carbonyl (C=O) groups excluding carboxylic acids is 1. The fourth-order valence-corrected chi connectivity index (χ4v) is 3.76. The van der Waals surface area contributed by atoms with E-state index < -0.39 is 0 Å². The van der Waals surface area contributed by atoms with Crippen LogP contribution in [0.3, 0.4) is 0 Å². The highest BCUT2D eigenvalue weighted by Gasteiger charge is 2.22. The maximum Gasteiger partial charge on any atom is 0.222 e. The molecule has 3 aromatic rings. The molecule has 1 amide bonds. The van der Waals surface area contributed by atoms with Crippen molar-refractivity contribution in [3.8, 4) is 16.9 Å². The van der Waals surface area contributed by atoms with Crippen molar-refractivity contribution in [1.29, 1.82) is 0 Å². The number of fused-ring (bicyclic) bond motifs is 1. The Morgan fingerprint density at radius 2 is 1.71 bits per heavy atom. The van der Waals surface area contributed by atoms with Crippen LogP contribution < -0.4 is 4.74 Å². The molecule has 0 radical (unpaired) electrons. The Morgan fingerprint density at radius 1 is 1.04 bits per heavy atom. The lowest BCUT2D eigenvalue weighted by atomic mass is 10.0. The highest BCUT2D eigenvalue weighted by atomic mass is 16.5. The number of aromatic nitrogens is 1. The molecule has 1 saturated heterocycles. The summed E-state index contributed by atoms with van der Waals surface area (Å²) in [5.74, 6) is 1.13. The van der Waals surface area contributed by atoms with Crippen molar-refractivity contribution in [2.45, 2.75) is 39.2 Å². The molecule has 4 heteroatoms. The average molecular weight is 374 g/mol. The molecule has 0 N–H and O–H groups in total. The summed E-state index contributed by atoms with van der Waals surface area (Å²) in [4.78, 5) is 18.4. The number of rotatable bonds is 4. The van der Waals surface area contributed by atoms with Crippen LogP contribution in [0, 0.1) is 6.92 Å². The van der Waals surface area contributed by atoms with Gasteiger partial charge in [0.2, 0.25) is 5.91 Å². The zero-order valence-electron chi connectivity index (χ0n) is 16.5. The van der Waals surface area contributed by atoms with Crippen molar-refractivity contribution in [2.24, 2.45) is 0 Å². The molecule has 0 unspecified atom stereocenters. The van der Waals surface area contributed by atoms with Crippen LogP contribution >= 0.6 is 0 Å². The largest absolute Gasteiger partial charge is 0.490 e. The Balaban J connectivity index is 1.42. The van der Waals surface area contributed by atoms with Crippen LogP contribution in [0.2, 0.25) is 0 Å². The van der Waals surface area contributed by atoms with E-state index in [1.165, 1.54) is 0 Å². The fraction of sp³-hybridized carbons (Fsp3) is 0.333. The first kappa shape index (κ1) is 18.5. The molecule has 1 aliphatic rings. The molecule has 4 nitrogen and oxygen atoms in total. The van der Waals surface area contributed by atoms with E-state index in [2.05, 4.69) is 41.4 Å². The van der Waals surface area contributed by atoms with Gasteiger partial charge in [-0.3, -0.25) is 9.78 Å². The van der Waals surface area contributed by atoms with E-state index in [-0.39, 0.29) is 12.0 Å². The molecule has 0 aliphatic carbocycles. The van der Waals surface area contributed by atoms with E-state index in [1.807, 2.05) is 36.9 Å². The number of hydrogen-bond acceptors (Lipinski definition) is 3. The number of likely N-dealkylation sites (tertiary alicyclic amines) is 1. The minimum absolute atomic E-state index is 0.180. The van der Waals surface area contributed by atoms with Crippen molar-refractivity contribution in [3.05, 3.63) is 60.3 Å². The van der Waals surface area contributed by atoms with Crippen LogP contribution in [-0.2, 0) is 4.79 Å². The third-order valence-electron chi connectivity index (χ3n) is 5.42. The van der Waals surface area contributed by atoms with Gasteiger partial charge in [-0.2, -0.15) is 0 Å². The second-order valence-corrected chi connectivity index (χ2v) is 7.44. The van der Waals surface area contributed by atoms with E-state index in [0.717, 1.165) is 59.4 Å². The van der Waals surface area contributed by atoms with Crippen molar-refractivity contribution < 1.29 is 9.53 Å². The van der Waals surface area contributed by atoms with E-state index in [0.29, 0.717) is 6.42 Å². The average Bonchev–Trinajstić information content (AvgIpc) is 2.73. The molecule has 0 spiro atoms. The molecule has 1 aromatic heterocycles. The van der Waals surface area contributed by atoms with Crippen molar-refractivity contribution in [1.82, 2.24) is 9.88 Å².